The van der Waals surface area contributed by atoms with Crippen LogP contribution in [0, 0.1) is 0 Å². The molecule has 6 heteroatoms. The number of hydrogen-bond acceptors (Lipinski definition) is 4. The molecular formula is C15H21N3O3. The molecular weight excluding hydrogens is 270 g/mol. The van der Waals surface area contributed by atoms with Crippen LogP contribution in [-0.4, -0.2) is 43.7 Å². The van der Waals surface area contributed by atoms with Crippen LogP contribution in [0.1, 0.15) is 29.6 Å². The molecule has 0 aromatic heterocycles. The van der Waals surface area contributed by atoms with Crippen LogP contribution in [-0.2, 0) is 4.79 Å². The van der Waals surface area contributed by atoms with Crippen LogP contribution in [0.15, 0.2) is 18.2 Å². The zero-order chi connectivity index (χ0) is 15.6. The average molecular weight is 291 g/mol. The van der Waals surface area contributed by atoms with Crippen LogP contribution < -0.4 is 15.5 Å². The number of rotatable bonds is 5. The van der Waals surface area contributed by atoms with Crippen LogP contribution in [0.2, 0.25) is 0 Å². The Hall–Kier alpha value is -2.24. The van der Waals surface area contributed by atoms with Crippen molar-refractivity contribution in [1.29, 1.82) is 0 Å². The second-order valence-corrected chi connectivity index (χ2v) is 5.57. The molecule has 1 amide bonds. The fourth-order valence-corrected chi connectivity index (χ4v) is 2.51. The van der Waals surface area contributed by atoms with Crippen LogP contribution in [0.3, 0.4) is 0 Å². The van der Waals surface area contributed by atoms with E-state index in [0.29, 0.717) is 24.1 Å². The monoisotopic (exact) mass is 291 g/mol. The molecule has 1 aromatic carbocycles. The smallest absolute Gasteiger partial charge is 0.329 e. The van der Waals surface area contributed by atoms with Crippen molar-refractivity contribution in [2.24, 2.45) is 0 Å². The van der Waals surface area contributed by atoms with Gasteiger partial charge in [0.2, 0.25) is 0 Å². The molecule has 1 aliphatic rings. The van der Waals surface area contributed by atoms with Crippen LogP contribution in [0.4, 0.5) is 11.4 Å². The summed E-state index contributed by atoms with van der Waals surface area (Å²) in [6.45, 7) is 0. The largest absolute Gasteiger partial charge is 0.480 e. The molecule has 0 bridgehead atoms. The molecule has 2 rings (SSSR count). The highest BCUT2D eigenvalue weighted by Gasteiger charge is 2.44. The third-order valence-corrected chi connectivity index (χ3v) is 3.95. The van der Waals surface area contributed by atoms with Gasteiger partial charge in [0, 0.05) is 26.8 Å². The standard InChI is InChI=1S/C15H21N3O3/c1-16-13(19)11-6-5-10(9-12(11)18(2)3)17-15(14(20)21)7-4-8-15/h5-6,9,17H,4,7-8H2,1-3H3,(H,16,19)(H,20,21). The van der Waals surface area contributed by atoms with Crippen LogP contribution in [0.5, 0.6) is 0 Å². The van der Waals surface area contributed by atoms with E-state index in [4.69, 9.17) is 0 Å². The first-order chi connectivity index (χ1) is 9.89. The number of hydrogen-bond donors (Lipinski definition) is 3. The summed E-state index contributed by atoms with van der Waals surface area (Å²) in [5.41, 5.74) is 1.16. The van der Waals surface area contributed by atoms with Gasteiger partial charge in [0.1, 0.15) is 5.54 Å². The van der Waals surface area contributed by atoms with E-state index in [2.05, 4.69) is 10.6 Å². The predicted octanol–water partition coefficient (Wildman–Crippen LogP) is 1.53. The summed E-state index contributed by atoms with van der Waals surface area (Å²) in [6, 6.07) is 5.28. The Balaban J connectivity index is 2.32. The Bertz CT molecular complexity index is 565. The van der Waals surface area contributed by atoms with E-state index in [-0.39, 0.29) is 5.91 Å². The van der Waals surface area contributed by atoms with Crippen molar-refractivity contribution in [1.82, 2.24) is 5.32 Å². The van der Waals surface area contributed by atoms with Gasteiger partial charge in [-0.3, -0.25) is 4.79 Å². The quantitative estimate of drug-likeness (QED) is 0.766. The summed E-state index contributed by atoms with van der Waals surface area (Å²) >= 11 is 0. The lowest BCUT2D eigenvalue weighted by Gasteiger charge is -2.39. The van der Waals surface area contributed by atoms with Gasteiger partial charge in [-0.25, -0.2) is 4.79 Å². The highest BCUT2D eigenvalue weighted by molar-refractivity contribution is 6.00. The molecule has 3 N–H and O–H groups in total. The molecule has 1 aliphatic carbocycles. The van der Waals surface area contributed by atoms with Crippen LogP contribution >= 0.6 is 0 Å². The zero-order valence-corrected chi connectivity index (χ0v) is 12.6. The molecule has 0 unspecified atom stereocenters. The van der Waals surface area contributed by atoms with Gasteiger partial charge in [-0.2, -0.15) is 0 Å². The van der Waals surface area contributed by atoms with E-state index in [1.807, 2.05) is 25.1 Å². The van der Waals surface area contributed by atoms with E-state index in [9.17, 15) is 14.7 Å². The minimum atomic E-state index is -0.863. The molecule has 0 atom stereocenters. The fourth-order valence-electron chi connectivity index (χ4n) is 2.51. The third kappa shape index (κ3) is 2.79. The van der Waals surface area contributed by atoms with E-state index < -0.39 is 11.5 Å². The van der Waals surface area contributed by atoms with E-state index in [1.165, 1.54) is 0 Å². The summed E-state index contributed by atoms with van der Waals surface area (Å²) in [6.07, 6.45) is 2.16. The first-order valence-corrected chi connectivity index (χ1v) is 6.95. The first kappa shape index (κ1) is 15.2. The maximum absolute atomic E-state index is 11.9. The highest BCUT2D eigenvalue weighted by atomic mass is 16.4. The van der Waals surface area contributed by atoms with Gasteiger partial charge in [0.25, 0.3) is 5.91 Å². The van der Waals surface area contributed by atoms with E-state index >= 15 is 0 Å². The molecule has 21 heavy (non-hydrogen) atoms. The number of carbonyl (C=O) groups is 2. The summed E-state index contributed by atoms with van der Waals surface area (Å²) < 4.78 is 0. The Labute approximate surface area is 124 Å². The van der Waals surface area contributed by atoms with E-state index in [0.717, 1.165) is 12.1 Å². The lowest BCUT2D eigenvalue weighted by atomic mass is 9.76. The highest BCUT2D eigenvalue weighted by Crippen LogP contribution is 2.36. The van der Waals surface area contributed by atoms with Gasteiger partial charge < -0.3 is 20.6 Å². The van der Waals surface area contributed by atoms with Gasteiger partial charge in [-0.1, -0.05) is 0 Å². The molecule has 114 valence electrons. The SMILES string of the molecule is CNC(=O)c1ccc(NC2(C(=O)O)CCC2)cc1N(C)C. The van der Waals surface area contributed by atoms with Crippen molar-refractivity contribution >= 4 is 23.3 Å². The summed E-state index contributed by atoms with van der Waals surface area (Å²) in [5.74, 6) is -0.989. The fraction of sp³-hybridized carbons (Fsp3) is 0.467. The number of aliphatic carboxylic acids is 1. The first-order valence-electron chi connectivity index (χ1n) is 6.95. The molecule has 0 spiro atoms. The lowest BCUT2D eigenvalue weighted by molar-refractivity contribution is -0.145. The number of benzene rings is 1. The summed E-state index contributed by atoms with van der Waals surface area (Å²) in [5, 5.41) is 15.1. The minimum Gasteiger partial charge on any atom is -0.480 e. The molecule has 0 aliphatic heterocycles. The number of amides is 1. The number of carboxylic acid groups (broad SMARTS) is 1. The topological polar surface area (TPSA) is 81.7 Å². The minimum absolute atomic E-state index is 0.165. The Morgan fingerprint density at radius 2 is 1.95 bits per heavy atom. The summed E-state index contributed by atoms with van der Waals surface area (Å²) in [7, 11) is 5.28. The van der Waals surface area contributed by atoms with Crippen molar-refractivity contribution in [3.8, 4) is 0 Å². The molecule has 0 heterocycles. The van der Waals surface area contributed by atoms with Gasteiger partial charge >= 0.3 is 5.97 Å². The molecule has 0 radical (unpaired) electrons. The lowest BCUT2D eigenvalue weighted by Crippen LogP contribution is -2.52. The predicted molar refractivity (Wildman–Crippen MR) is 82.0 cm³/mol. The van der Waals surface area contributed by atoms with Crippen molar-refractivity contribution in [3.05, 3.63) is 23.8 Å². The number of anilines is 2. The van der Waals surface area contributed by atoms with Gasteiger partial charge in [0.05, 0.1) is 11.3 Å². The molecule has 6 nitrogen and oxygen atoms in total. The van der Waals surface area contributed by atoms with Crippen molar-refractivity contribution in [2.75, 3.05) is 31.4 Å². The van der Waals surface area contributed by atoms with Crippen molar-refractivity contribution < 1.29 is 14.7 Å². The Morgan fingerprint density at radius 3 is 2.38 bits per heavy atom. The van der Waals surface area contributed by atoms with E-state index in [1.54, 1.807) is 19.2 Å². The summed E-state index contributed by atoms with van der Waals surface area (Å²) in [4.78, 5) is 25.1. The third-order valence-electron chi connectivity index (χ3n) is 3.95. The maximum Gasteiger partial charge on any atom is 0.329 e. The Morgan fingerprint density at radius 1 is 1.29 bits per heavy atom. The zero-order valence-electron chi connectivity index (χ0n) is 12.6. The number of carboxylic acids is 1. The van der Waals surface area contributed by atoms with Crippen molar-refractivity contribution in [3.63, 3.8) is 0 Å². The Kier molecular flexibility index (Phi) is 4.06. The second-order valence-electron chi connectivity index (χ2n) is 5.57. The van der Waals surface area contributed by atoms with Gasteiger partial charge in [-0.05, 0) is 37.5 Å². The second kappa shape index (κ2) is 5.63. The maximum atomic E-state index is 11.9. The normalized spacial score (nSPS) is 15.8. The van der Waals surface area contributed by atoms with Gasteiger partial charge in [0.15, 0.2) is 0 Å². The number of carbonyl (C=O) groups excluding carboxylic acids is 1. The molecule has 0 saturated heterocycles. The molecule has 1 saturated carbocycles. The van der Waals surface area contributed by atoms with Crippen LogP contribution in [0.25, 0.3) is 0 Å². The molecule has 1 aromatic rings. The molecule has 1 fully saturated rings. The average Bonchev–Trinajstić information content (AvgIpc) is 2.41. The van der Waals surface area contributed by atoms with Crippen molar-refractivity contribution in [2.45, 2.75) is 24.8 Å². The number of nitrogens with zero attached hydrogens (tertiary/aromatic N) is 1. The number of nitrogens with one attached hydrogen (secondary N) is 2. The van der Waals surface area contributed by atoms with Gasteiger partial charge in [-0.15, -0.1) is 0 Å².